The van der Waals surface area contributed by atoms with Gasteiger partial charge in [-0.2, -0.15) is 4.89 Å². The second-order valence-electron chi connectivity index (χ2n) is 4.47. The summed E-state index contributed by atoms with van der Waals surface area (Å²) in [6.07, 6.45) is -0.954. The van der Waals surface area contributed by atoms with Gasteiger partial charge in [0, 0.05) is 16.2 Å². The highest BCUT2D eigenvalue weighted by Gasteiger charge is 2.30. The Kier molecular flexibility index (Phi) is 4.09. The number of carbonyl (C=O) groups is 1. The molecule has 0 saturated carbocycles. The van der Waals surface area contributed by atoms with Crippen LogP contribution in [0.4, 0.5) is 11.4 Å². The minimum absolute atomic E-state index is 0.0765. The van der Waals surface area contributed by atoms with Crippen molar-refractivity contribution < 1.29 is 24.6 Å². The Morgan fingerprint density at radius 1 is 1.26 bits per heavy atom. The van der Waals surface area contributed by atoms with Crippen LogP contribution in [0.5, 0.6) is 0 Å². The fourth-order valence-corrected chi connectivity index (χ4v) is 1.99. The summed E-state index contributed by atoms with van der Waals surface area (Å²) in [7, 11) is 0. The minimum Gasteiger partial charge on any atom is -0.478 e. The summed E-state index contributed by atoms with van der Waals surface area (Å²) in [6.45, 7) is 0. The van der Waals surface area contributed by atoms with Crippen molar-refractivity contribution in [2.75, 3.05) is 5.23 Å². The number of carboxylic acids is 1. The number of hydrogen-bond donors (Lipinski definition) is 1. The van der Waals surface area contributed by atoms with Crippen LogP contribution in [0, 0.1) is 0 Å². The van der Waals surface area contributed by atoms with Crippen molar-refractivity contribution in [2.24, 2.45) is 5.11 Å². The van der Waals surface area contributed by atoms with Crippen LogP contribution in [0.1, 0.15) is 22.2 Å². The molecule has 1 aliphatic rings. The van der Waals surface area contributed by atoms with E-state index in [2.05, 4.69) is 10.0 Å². The predicted molar refractivity (Wildman–Crippen MR) is 77.1 cm³/mol. The first kappa shape index (κ1) is 14.8. The molecule has 1 heterocycles. The maximum Gasteiger partial charge on any atom is 0.335 e. The Bertz CT molecular complexity index is 790. The Labute approximate surface area is 129 Å². The molecule has 23 heavy (non-hydrogen) atoms. The zero-order valence-electron chi connectivity index (χ0n) is 11.6. The summed E-state index contributed by atoms with van der Waals surface area (Å²) in [6, 6.07) is 12.7. The van der Waals surface area contributed by atoms with Crippen molar-refractivity contribution in [3.05, 3.63) is 70.1 Å². The molecular formula is C14H10N4O5. The molecule has 0 bridgehead atoms. The van der Waals surface area contributed by atoms with E-state index in [0.29, 0.717) is 16.9 Å². The van der Waals surface area contributed by atoms with E-state index in [-0.39, 0.29) is 5.56 Å². The quantitative estimate of drug-likeness (QED) is 0.398. The lowest BCUT2D eigenvalue weighted by Gasteiger charge is -2.12. The van der Waals surface area contributed by atoms with Crippen LogP contribution in [0.3, 0.4) is 0 Å². The summed E-state index contributed by atoms with van der Waals surface area (Å²) in [4.78, 5) is 29.2. The van der Waals surface area contributed by atoms with Gasteiger partial charge in [-0.3, -0.25) is 0 Å². The molecule has 1 saturated heterocycles. The molecule has 2 aromatic carbocycles. The fourth-order valence-electron chi connectivity index (χ4n) is 1.99. The number of aromatic carboxylic acids is 1. The zero-order chi connectivity index (χ0) is 16.2. The van der Waals surface area contributed by atoms with Gasteiger partial charge in [-0.1, -0.05) is 45.7 Å². The number of rotatable bonds is 4. The van der Waals surface area contributed by atoms with Crippen LogP contribution >= 0.6 is 0 Å². The zero-order valence-corrected chi connectivity index (χ0v) is 11.6. The van der Waals surface area contributed by atoms with Crippen LogP contribution in [0.15, 0.2) is 53.6 Å². The van der Waals surface area contributed by atoms with Gasteiger partial charge in [0.15, 0.2) is 0 Å². The molecule has 1 atom stereocenters. The second-order valence-corrected chi connectivity index (χ2v) is 4.47. The first-order chi connectivity index (χ1) is 11.2. The van der Waals surface area contributed by atoms with E-state index in [0.717, 1.165) is 5.23 Å². The van der Waals surface area contributed by atoms with Crippen molar-refractivity contribution >= 4 is 17.3 Å². The van der Waals surface area contributed by atoms with Crippen molar-refractivity contribution in [1.29, 1.82) is 0 Å². The number of anilines is 1. The number of carboxylic acid groups (broad SMARTS) is 1. The number of benzene rings is 2. The van der Waals surface area contributed by atoms with Crippen LogP contribution in [-0.4, -0.2) is 11.1 Å². The van der Waals surface area contributed by atoms with E-state index in [1.165, 1.54) is 12.1 Å². The first-order valence-corrected chi connectivity index (χ1v) is 6.47. The van der Waals surface area contributed by atoms with Gasteiger partial charge < -0.3 is 5.11 Å². The molecule has 2 aromatic rings. The Morgan fingerprint density at radius 3 is 2.87 bits per heavy atom. The molecule has 9 nitrogen and oxygen atoms in total. The van der Waals surface area contributed by atoms with Crippen LogP contribution in [0.2, 0.25) is 0 Å². The Morgan fingerprint density at radius 2 is 2.09 bits per heavy atom. The smallest absolute Gasteiger partial charge is 0.335 e. The fraction of sp³-hybridized carbons (Fsp3) is 0.0714. The highest BCUT2D eigenvalue weighted by molar-refractivity contribution is 5.88. The van der Waals surface area contributed by atoms with E-state index in [4.69, 9.17) is 25.4 Å². The molecule has 9 heteroatoms. The molecule has 0 amide bonds. The Hall–Kier alpha value is -3.10. The lowest BCUT2D eigenvalue weighted by molar-refractivity contribution is -0.286. The molecule has 0 radical (unpaired) electrons. The normalized spacial score (nSPS) is 16.9. The van der Waals surface area contributed by atoms with Crippen LogP contribution < -0.4 is 5.23 Å². The second kappa shape index (κ2) is 6.34. The highest BCUT2D eigenvalue weighted by atomic mass is 17.4. The van der Waals surface area contributed by atoms with Gasteiger partial charge in [-0.25, -0.2) is 9.63 Å². The molecule has 1 fully saturated rings. The van der Waals surface area contributed by atoms with Crippen molar-refractivity contribution in [3.63, 3.8) is 0 Å². The maximum absolute atomic E-state index is 11.0. The molecule has 0 aromatic heterocycles. The van der Waals surface area contributed by atoms with E-state index in [9.17, 15) is 4.79 Å². The van der Waals surface area contributed by atoms with Gasteiger partial charge in [-0.05, 0) is 23.7 Å². The lowest BCUT2D eigenvalue weighted by atomic mass is 10.2. The number of azide groups is 1. The summed E-state index contributed by atoms with van der Waals surface area (Å²) in [5, 5.41) is 13.5. The van der Waals surface area contributed by atoms with Gasteiger partial charge >= 0.3 is 5.97 Å². The highest BCUT2D eigenvalue weighted by Crippen LogP contribution is 2.35. The summed E-state index contributed by atoms with van der Waals surface area (Å²) in [5.41, 5.74) is 9.81. The van der Waals surface area contributed by atoms with Gasteiger partial charge in [-0.15, -0.1) is 0 Å². The molecular weight excluding hydrogens is 304 g/mol. The SMILES string of the molecule is [N-]=[N+]=Nc1ccccc1C1OON(c2cccc(C(=O)O)c2)O1. The van der Waals surface area contributed by atoms with Crippen LogP contribution in [-0.2, 0) is 14.7 Å². The molecule has 1 N–H and O–H groups in total. The van der Waals surface area contributed by atoms with Gasteiger partial charge in [0.25, 0.3) is 0 Å². The standard InChI is InChI=1S/C14H10N4O5/c15-17-16-12-7-2-1-6-11(12)14-21-18(23-22-14)10-5-3-4-9(8-10)13(19)20/h1-8,14H,(H,19,20). The van der Waals surface area contributed by atoms with Gasteiger partial charge in [0.05, 0.1) is 11.3 Å². The average Bonchev–Trinajstić information content (AvgIpc) is 3.06. The summed E-state index contributed by atoms with van der Waals surface area (Å²) in [5.74, 6) is -1.07. The van der Waals surface area contributed by atoms with Crippen molar-refractivity contribution in [2.45, 2.75) is 6.29 Å². The van der Waals surface area contributed by atoms with E-state index in [1.54, 1.807) is 36.4 Å². The molecule has 3 rings (SSSR count). The van der Waals surface area contributed by atoms with Crippen molar-refractivity contribution in [3.8, 4) is 0 Å². The van der Waals surface area contributed by atoms with E-state index >= 15 is 0 Å². The number of hydrogen-bond acceptors (Lipinski definition) is 6. The largest absolute Gasteiger partial charge is 0.478 e. The van der Waals surface area contributed by atoms with Gasteiger partial charge in [0.2, 0.25) is 6.29 Å². The lowest BCUT2D eigenvalue weighted by Crippen LogP contribution is -2.15. The predicted octanol–water partition coefficient (Wildman–Crippen LogP) is 3.64. The molecule has 0 aliphatic carbocycles. The molecule has 0 spiro atoms. The minimum atomic E-state index is -1.07. The molecule has 116 valence electrons. The average molecular weight is 314 g/mol. The topological polar surface area (TPSA) is 117 Å². The third-order valence-electron chi connectivity index (χ3n) is 3.04. The Balaban J connectivity index is 1.83. The number of nitrogens with zero attached hydrogens (tertiary/aromatic N) is 4. The summed E-state index contributed by atoms with van der Waals surface area (Å²) < 4.78 is 0. The first-order valence-electron chi connectivity index (χ1n) is 6.47. The van der Waals surface area contributed by atoms with Crippen LogP contribution in [0.25, 0.3) is 10.4 Å². The van der Waals surface area contributed by atoms with Gasteiger partial charge in [0.1, 0.15) is 0 Å². The van der Waals surface area contributed by atoms with E-state index < -0.39 is 12.3 Å². The van der Waals surface area contributed by atoms with E-state index in [1.807, 2.05) is 0 Å². The third kappa shape index (κ3) is 3.07. The third-order valence-corrected chi connectivity index (χ3v) is 3.04. The molecule has 1 unspecified atom stereocenters. The monoisotopic (exact) mass is 314 g/mol. The summed E-state index contributed by atoms with van der Waals surface area (Å²) >= 11 is 0. The maximum atomic E-state index is 11.0. The molecule has 1 aliphatic heterocycles. The van der Waals surface area contributed by atoms with Crippen molar-refractivity contribution in [1.82, 2.24) is 0 Å².